The molecule has 6 nitrogen and oxygen atoms in total. The van der Waals surface area contributed by atoms with E-state index in [9.17, 15) is 9.59 Å². The number of nitrogens with zero attached hydrogens (tertiary/aromatic N) is 1. The Hall–Kier alpha value is -1.76. The second-order valence-corrected chi connectivity index (χ2v) is 4.51. The van der Waals surface area contributed by atoms with Crippen molar-refractivity contribution < 1.29 is 14.7 Å². The normalized spacial score (nSPS) is 11.6. The first-order chi connectivity index (χ1) is 8.09. The summed E-state index contributed by atoms with van der Waals surface area (Å²) in [5.74, 6) is -0.626. The zero-order chi connectivity index (χ0) is 12.7. The van der Waals surface area contributed by atoms with Crippen LogP contribution in [0.15, 0.2) is 24.4 Å². The zero-order valence-electron chi connectivity index (χ0n) is 9.21. The maximum atomic E-state index is 11.3. The summed E-state index contributed by atoms with van der Waals surface area (Å²) in [6.45, 7) is 1.53. The Bertz CT molecular complexity index is 386. The van der Waals surface area contributed by atoms with Gasteiger partial charge in [0.25, 0.3) is 0 Å². The van der Waals surface area contributed by atoms with Gasteiger partial charge in [-0.2, -0.15) is 0 Å². The van der Waals surface area contributed by atoms with Crippen molar-refractivity contribution in [3.63, 3.8) is 0 Å². The fourth-order valence-electron chi connectivity index (χ4n) is 0.879. The van der Waals surface area contributed by atoms with Gasteiger partial charge in [0.05, 0.1) is 11.0 Å². The molecule has 0 bridgehead atoms. The number of hydrazine groups is 1. The van der Waals surface area contributed by atoms with Crippen molar-refractivity contribution >= 4 is 29.5 Å². The molecule has 1 amide bonds. The SMILES string of the molecule is CC(SCC(=O)NNc1ccccn1)C(=O)O. The van der Waals surface area contributed by atoms with Gasteiger partial charge in [-0.3, -0.25) is 20.4 Å². The Morgan fingerprint density at radius 2 is 2.29 bits per heavy atom. The summed E-state index contributed by atoms with van der Waals surface area (Å²) in [4.78, 5) is 25.8. The minimum absolute atomic E-state index is 0.0767. The lowest BCUT2D eigenvalue weighted by molar-refractivity contribution is -0.136. The van der Waals surface area contributed by atoms with Gasteiger partial charge in [-0.15, -0.1) is 11.8 Å². The number of hydrogen-bond donors (Lipinski definition) is 3. The van der Waals surface area contributed by atoms with Gasteiger partial charge in [-0.25, -0.2) is 4.98 Å². The van der Waals surface area contributed by atoms with Gasteiger partial charge in [0, 0.05) is 6.20 Å². The van der Waals surface area contributed by atoms with Gasteiger partial charge in [0.1, 0.15) is 5.82 Å². The standard InChI is InChI=1S/C10H13N3O3S/c1-7(10(15)16)17-6-9(14)13-12-8-4-2-3-5-11-8/h2-5,7H,6H2,1H3,(H,11,12)(H,13,14)(H,15,16). The number of aromatic nitrogens is 1. The van der Waals surface area contributed by atoms with Crippen molar-refractivity contribution in [2.24, 2.45) is 0 Å². The lowest BCUT2D eigenvalue weighted by Gasteiger charge is -2.08. The smallest absolute Gasteiger partial charge is 0.316 e. The Morgan fingerprint density at radius 3 is 2.88 bits per heavy atom. The Labute approximate surface area is 103 Å². The van der Waals surface area contributed by atoms with Crippen molar-refractivity contribution in [3.8, 4) is 0 Å². The minimum Gasteiger partial charge on any atom is -0.480 e. The number of amides is 1. The second kappa shape index (κ2) is 6.74. The van der Waals surface area contributed by atoms with Crippen LogP contribution >= 0.6 is 11.8 Å². The molecule has 0 aromatic carbocycles. The third kappa shape index (κ3) is 5.21. The van der Waals surface area contributed by atoms with E-state index in [0.717, 1.165) is 11.8 Å². The first-order valence-corrected chi connectivity index (χ1v) is 5.95. The van der Waals surface area contributed by atoms with E-state index in [1.807, 2.05) is 0 Å². The van der Waals surface area contributed by atoms with Crippen molar-refractivity contribution in [1.82, 2.24) is 10.4 Å². The Morgan fingerprint density at radius 1 is 1.53 bits per heavy atom. The van der Waals surface area contributed by atoms with Crippen LogP contribution in [0.25, 0.3) is 0 Å². The highest BCUT2D eigenvalue weighted by Crippen LogP contribution is 2.09. The van der Waals surface area contributed by atoms with E-state index in [-0.39, 0.29) is 11.7 Å². The van der Waals surface area contributed by atoms with Gasteiger partial charge in [-0.05, 0) is 19.1 Å². The number of anilines is 1. The maximum Gasteiger partial charge on any atom is 0.316 e. The van der Waals surface area contributed by atoms with E-state index >= 15 is 0 Å². The zero-order valence-corrected chi connectivity index (χ0v) is 10.0. The monoisotopic (exact) mass is 255 g/mol. The van der Waals surface area contributed by atoms with Crippen molar-refractivity contribution in [1.29, 1.82) is 0 Å². The highest BCUT2D eigenvalue weighted by molar-refractivity contribution is 8.01. The number of carboxylic acids is 1. The minimum atomic E-state index is -0.930. The molecule has 1 heterocycles. The third-order valence-corrected chi connectivity index (χ3v) is 2.94. The highest BCUT2D eigenvalue weighted by Gasteiger charge is 2.13. The largest absolute Gasteiger partial charge is 0.480 e. The summed E-state index contributed by atoms with van der Waals surface area (Å²) in [6, 6.07) is 5.24. The number of aliphatic carboxylic acids is 1. The van der Waals surface area contributed by atoms with Crippen LogP contribution in [0, 0.1) is 0 Å². The average Bonchev–Trinajstić information content (AvgIpc) is 2.34. The summed E-state index contributed by atoms with van der Waals surface area (Å²) >= 11 is 1.06. The lowest BCUT2D eigenvalue weighted by atomic mass is 10.5. The predicted octanol–water partition coefficient (Wildman–Crippen LogP) is 0.731. The molecule has 7 heteroatoms. The van der Waals surface area contributed by atoms with Crippen LogP contribution in [0.4, 0.5) is 5.82 Å². The molecule has 1 rings (SSSR count). The molecular weight excluding hydrogens is 242 g/mol. The first kappa shape index (κ1) is 13.3. The molecule has 1 unspecified atom stereocenters. The molecule has 17 heavy (non-hydrogen) atoms. The van der Waals surface area contributed by atoms with E-state index < -0.39 is 11.2 Å². The number of carbonyl (C=O) groups is 2. The van der Waals surface area contributed by atoms with Gasteiger partial charge in [-0.1, -0.05) is 6.07 Å². The fourth-order valence-corrected chi connectivity index (χ4v) is 1.49. The molecule has 1 atom stereocenters. The Balaban J connectivity index is 2.24. The molecule has 0 spiro atoms. The van der Waals surface area contributed by atoms with Crippen LogP contribution in [-0.4, -0.2) is 33.0 Å². The van der Waals surface area contributed by atoms with E-state index in [1.54, 1.807) is 24.4 Å². The second-order valence-electron chi connectivity index (χ2n) is 3.18. The quantitative estimate of drug-likeness (QED) is 0.649. The van der Waals surface area contributed by atoms with Gasteiger partial charge >= 0.3 is 5.97 Å². The van der Waals surface area contributed by atoms with E-state index in [4.69, 9.17) is 5.11 Å². The highest BCUT2D eigenvalue weighted by atomic mass is 32.2. The van der Waals surface area contributed by atoms with E-state index in [1.165, 1.54) is 6.92 Å². The molecule has 92 valence electrons. The van der Waals surface area contributed by atoms with Crippen molar-refractivity contribution in [2.75, 3.05) is 11.2 Å². The molecule has 0 saturated carbocycles. The summed E-state index contributed by atoms with van der Waals surface area (Å²) in [5, 5.41) is 8.02. The van der Waals surface area contributed by atoms with Gasteiger partial charge in [0.15, 0.2) is 0 Å². The van der Waals surface area contributed by atoms with Crippen LogP contribution in [0.3, 0.4) is 0 Å². The summed E-state index contributed by atoms with van der Waals surface area (Å²) in [7, 11) is 0. The summed E-state index contributed by atoms with van der Waals surface area (Å²) < 4.78 is 0. The van der Waals surface area contributed by atoms with Crippen LogP contribution in [-0.2, 0) is 9.59 Å². The molecule has 3 N–H and O–H groups in total. The third-order valence-electron chi connectivity index (χ3n) is 1.81. The van der Waals surface area contributed by atoms with Crippen LogP contribution in [0.1, 0.15) is 6.92 Å². The number of pyridine rings is 1. The van der Waals surface area contributed by atoms with Gasteiger partial charge in [0.2, 0.25) is 5.91 Å². The van der Waals surface area contributed by atoms with Gasteiger partial charge < -0.3 is 5.11 Å². The number of thioether (sulfide) groups is 1. The summed E-state index contributed by atoms with van der Waals surface area (Å²) in [6.07, 6.45) is 1.59. The topological polar surface area (TPSA) is 91.3 Å². The van der Waals surface area contributed by atoms with Crippen molar-refractivity contribution in [3.05, 3.63) is 24.4 Å². The molecule has 1 aromatic rings. The molecule has 0 fully saturated rings. The number of carboxylic acid groups (broad SMARTS) is 1. The number of carbonyl (C=O) groups excluding carboxylic acids is 1. The van der Waals surface area contributed by atoms with Crippen LogP contribution in [0.2, 0.25) is 0 Å². The van der Waals surface area contributed by atoms with Crippen LogP contribution < -0.4 is 10.9 Å². The van der Waals surface area contributed by atoms with E-state index in [0.29, 0.717) is 5.82 Å². The molecule has 0 aliphatic rings. The molecule has 0 aliphatic carbocycles. The Kier molecular flexibility index (Phi) is 5.28. The van der Waals surface area contributed by atoms with Crippen molar-refractivity contribution in [2.45, 2.75) is 12.2 Å². The molecule has 0 aliphatic heterocycles. The van der Waals surface area contributed by atoms with E-state index in [2.05, 4.69) is 15.8 Å². The number of rotatable bonds is 6. The molecule has 0 saturated heterocycles. The summed E-state index contributed by atoms with van der Waals surface area (Å²) in [5.41, 5.74) is 5.05. The van der Waals surface area contributed by atoms with Crippen LogP contribution in [0.5, 0.6) is 0 Å². The average molecular weight is 255 g/mol. The molecule has 0 radical (unpaired) electrons. The molecule has 1 aromatic heterocycles. The number of nitrogens with one attached hydrogen (secondary N) is 2. The number of hydrogen-bond acceptors (Lipinski definition) is 5. The first-order valence-electron chi connectivity index (χ1n) is 4.90. The fraction of sp³-hybridized carbons (Fsp3) is 0.300. The maximum absolute atomic E-state index is 11.3. The lowest BCUT2D eigenvalue weighted by Crippen LogP contribution is -2.32. The molecular formula is C10H13N3O3S. The predicted molar refractivity (Wildman–Crippen MR) is 65.6 cm³/mol.